The van der Waals surface area contributed by atoms with E-state index in [1.165, 1.54) is 25.7 Å². The molecule has 1 aliphatic rings. The molecule has 15 heavy (non-hydrogen) atoms. The predicted octanol–water partition coefficient (Wildman–Crippen LogP) is 2.78. The highest BCUT2D eigenvalue weighted by molar-refractivity contribution is 5.35. The highest BCUT2D eigenvalue weighted by Crippen LogP contribution is 2.25. The monoisotopic (exact) mass is 205 g/mol. The third-order valence-corrected chi connectivity index (χ3v) is 3.09. The van der Waals surface area contributed by atoms with Crippen molar-refractivity contribution >= 4 is 5.82 Å². The molecule has 0 aliphatic heterocycles. The predicted molar refractivity (Wildman–Crippen MR) is 61.8 cm³/mol. The zero-order valence-corrected chi connectivity index (χ0v) is 9.53. The lowest BCUT2D eigenvalue weighted by atomic mass is 9.87. The Morgan fingerprint density at radius 3 is 2.93 bits per heavy atom. The zero-order valence-electron chi connectivity index (χ0n) is 9.53. The lowest BCUT2D eigenvalue weighted by Gasteiger charge is -2.27. The van der Waals surface area contributed by atoms with Gasteiger partial charge in [0.05, 0.1) is 0 Å². The first-order valence-electron chi connectivity index (χ1n) is 5.79. The summed E-state index contributed by atoms with van der Waals surface area (Å²) in [6.07, 6.45) is 6.88. The number of nitrogens with zero attached hydrogens (tertiary/aromatic N) is 2. The molecule has 0 spiro atoms. The number of anilines is 1. The molecule has 3 nitrogen and oxygen atoms in total. The van der Waals surface area contributed by atoms with Crippen LogP contribution in [0.2, 0.25) is 0 Å². The first kappa shape index (κ1) is 10.4. The van der Waals surface area contributed by atoms with Crippen molar-refractivity contribution in [2.45, 2.75) is 45.6 Å². The number of nitrogens with one attached hydrogen (secondary N) is 1. The van der Waals surface area contributed by atoms with E-state index >= 15 is 0 Å². The Balaban J connectivity index is 1.96. The van der Waals surface area contributed by atoms with Crippen LogP contribution in [0.3, 0.4) is 0 Å². The minimum Gasteiger partial charge on any atom is -0.367 e. The summed E-state index contributed by atoms with van der Waals surface area (Å²) < 4.78 is 0. The molecule has 1 N–H and O–H groups in total. The number of hydrogen-bond donors (Lipinski definition) is 1. The van der Waals surface area contributed by atoms with Crippen LogP contribution in [0.1, 0.15) is 38.3 Å². The summed E-state index contributed by atoms with van der Waals surface area (Å²) >= 11 is 0. The SMILES string of the molecule is Cc1cc(NC2CCCC(C)C2)ncn1. The molecule has 1 heterocycles. The third kappa shape index (κ3) is 2.91. The van der Waals surface area contributed by atoms with Crippen LogP contribution in [0.15, 0.2) is 12.4 Å². The molecule has 3 heteroatoms. The van der Waals surface area contributed by atoms with Crippen molar-refractivity contribution in [3.05, 3.63) is 18.1 Å². The second kappa shape index (κ2) is 4.60. The molecular weight excluding hydrogens is 186 g/mol. The van der Waals surface area contributed by atoms with Crippen molar-refractivity contribution in [2.75, 3.05) is 5.32 Å². The van der Waals surface area contributed by atoms with Gasteiger partial charge in [-0.1, -0.05) is 19.8 Å². The van der Waals surface area contributed by atoms with Crippen molar-refractivity contribution in [1.82, 2.24) is 9.97 Å². The van der Waals surface area contributed by atoms with Crippen LogP contribution < -0.4 is 5.32 Å². The van der Waals surface area contributed by atoms with Gasteiger partial charge in [-0.3, -0.25) is 0 Å². The van der Waals surface area contributed by atoms with Gasteiger partial charge in [-0.05, 0) is 25.7 Å². The second-order valence-electron chi connectivity index (χ2n) is 4.66. The van der Waals surface area contributed by atoms with Crippen LogP contribution >= 0.6 is 0 Å². The van der Waals surface area contributed by atoms with Crippen LogP contribution in [0.4, 0.5) is 5.82 Å². The van der Waals surface area contributed by atoms with E-state index < -0.39 is 0 Å². The van der Waals surface area contributed by atoms with Gasteiger partial charge in [0.15, 0.2) is 0 Å². The van der Waals surface area contributed by atoms with E-state index in [4.69, 9.17) is 0 Å². The maximum Gasteiger partial charge on any atom is 0.129 e. The Bertz CT molecular complexity index is 324. The van der Waals surface area contributed by atoms with Gasteiger partial charge >= 0.3 is 0 Å². The van der Waals surface area contributed by atoms with Crippen molar-refractivity contribution < 1.29 is 0 Å². The smallest absolute Gasteiger partial charge is 0.129 e. The molecule has 2 unspecified atom stereocenters. The summed E-state index contributed by atoms with van der Waals surface area (Å²) in [5.41, 5.74) is 1.02. The van der Waals surface area contributed by atoms with Crippen LogP contribution in [-0.4, -0.2) is 16.0 Å². The molecule has 1 saturated carbocycles. The molecule has 2 rings (SSSR count). The van der Waals surface area contributed by atoms with Gasteiger partial charge in [0.25, 0.3) is 0 Å². The van der Waals surface area contributed by atoms with E-state index in [2.05, 4.69) is 22.2 Å². The third-order valence-electron chi connectivity index (χ3n) is 3.09. The molecule has 1 aromatic heterocycles. The molecular formula is C12H19N3. The topological polar surface area (TPSA) is 37.8 Å². The molecule has 1 aromatic rings. The van der Waals surface area contributed by atoms with Gasteiger partial charge in [-0.25, -0.2) is 9.97 Å². The van der Waals surface area contributed by atoms with Gasteiger partial charge in [0, 0.05) is 17.8 Å². The standard InChI is InChI=1S/C12H19N3/c1-9-4-3-5-11(6-9)15-12-7-10(2)13-8-14-12/h7-9,11H,3-6H2,1-2H3,(H,13,14,15). The van der Waals surface area contributed by atoms with Gasteiger partial charge in [0.1, 0.15) is 12.1 Å². The Morgan fingerprint density at radius 1 is 1.33 bits per heavy atom. The van der Waals surface area contributed by atoms with E-state index in [1.54, 1.807) is 6.33 Å². The summed E-state index contributed by atoms with van der Waals surface area (Å²) in [6.45, 7) is 4.33. The van der Waals surface area contributed by atoms with E-state index in [0.29, 0.717) is 6.04 Å². The first-order valence-corrected chi connectivity index (χ1v) is 5.79. The minimum atomic E-state index is 0.600. The van der Waals surface area contributed by atoms with Gasteiger partial charge in [-0.15, -0.1) is 0 Å². The molecule has 2 atom stereocenters. The highest BCUT2D eigenvalue weighted by atomic mass is 15.0. The first-order chi connectivity index (χ1) is 7.24. The van der Waals surface area contributed by atoms with Crippen LogP contribution in [-0.2, 0) is 0 Å². The van der Waals surface area contributed by atoms with Crippen molar-refractivity contribution in [1.29, 1.82) is 0 Å². The Hall–Kier alpha value is -1.12. The van der Waals surface area contributed by atoms with E-state index in [0.717, 1.165) is 17.4 Å². The number of aryl methyl sites for hydroxylation is 1. The Labute approximate surface area is 91.3 Å². The number of hydrogen-bond acceptors (Lipinski definition) is 3. The van der Waals surface area contributed by atoms with Crippen LogP contribution in [0, 0.1) is 12.8 Å². The quantitative estimate of drug-likeness (QED) is 0.806. The van der Waals surface area contributed by atoms with Gasteiger partial charge in [0.2, 0.25) is 0 Å². The molecule has 0 radical (unpaired) electrons. The molecule has 0 saturated heterocycles. The van der Waals surface area contributed by atoms with Gasteiger partial charge in [-0.2, -0.15) is 0 Å². The fourth-order valence-corrected chi connectivity index (χ4v) is 2.31. The average molecular weight is 205 g/mol. The fraction of sp³-hybridized carbons (Fsp3) is 0.667. The minimum absolute atomic E-state index is 0.600. The average Bonchev–Trinajstić information content (AvgIpc) is 2.17. The number of rotatable bonds is 2. The van der Waals surface area contributed by atoms with Crippen molar-refractivity contribution in [3.63, 3.8) is 0 Å². The molecule has 1 aliphatic carbocycles. The number of aromatic nitrogens is 2. The fourth-order valence-electron chi connectivity index (χ4n) is 2.31. The molecule has 1 fully saturated rings. The molecule has 0 bridgehead atoms. The second-order valence-corrected chi connectivity index (χ2v) is 4.66. The summed E-state index contributed by atoms with van der Waals surface area (Å²) in [4.78, 5) is 8.33. The maximum atomic E-state index is 4.24. The molecule has 0 amide bonds. The van der Waals surface area contributed by atoms with E-state index in [1.807, 2.05) is 13.0 Å². The highest BCUT2D eigenvalue weighted by Gasteiger charge is 2.18. The summed E-state index contributed by atoms with van der Waals surface area (Å²) in [7, 11) is 0. The Kier molecular flexibility index (Phi) is 3.19. The lowest BCUT2D eigenvalue weighted by molar-refractivity contribution is 0.358. The lowest BCUT2D eigenvalue weighted by Crippen LogP contribution is -2.26. The van der Waals surface area contributed by atoms with E-state index in [9.17, 15) is 0 Å². The molecule has 0 aromatic carbocycles. The summed E-state index contributed by atoms with van der Waals surface area (Å²) in [5.74, 6) is 1.82. The van der Waals surface area contributed by atoms with Crippen LogP contribution in [0.5, 0.6) is 0 Å². The van der Waals surface area contributed by atoms with Crippen LogP contribution in [0.25, 0.3) is 0 Å². The largest absolute Gasteiger partial charge is 0.367 e. The normalized spacial score (nSPS) is 26.3. The van der Waals surface area contributed by atoms with Gasteiger partial charge < -0.3 is 5.32 Å². The molecule has 82 valence electrons. The summed E-state index contributed by atoms with van der Waals surface area (Å²) in [5, 5.41) is 3.50. The summed E-state index contributed by atoms with van der Waals surface area (Å²) in [6, 6.07) is 2.61. The van der Waals surface area contributed by atoms with E-state index in [-0.39, 0.29) is 0 Å². The van der Waals surface area contributed by atoms with Crippen molar-refractivity contribution in [3.8, 4) is 0 Å². The maximum absolute atomic E-state index is 4.24. The van der Waals surface area contributed by atoms with Crippen molar-refractivity contribution in [2.24, 2.45) is 5.92 Å². The Morgan fingerprint density at radius 2 is 2.20 bits per heavy atom. The zero-order chi connectivity index (χ0) is 10.7.